The van der Waals surface area contributed by atoms with Gasteiger partial charge in [-0.15, -0.1) is 0 Å². The highest BCUT2D eigenvalue weighted by Crippen LogP contribution is 2.44. The fourth-order valence-electron chi connectivity index (χ4n) is 5.18. The Hall–Kier alpha value is -1.91. The van der Waals surface area contributed by atoms with Gasteiger partial charge in [-0.3, -0.25) is 9.69 Å². The molecule has 0 spiro atoms. The molecule has 152 valence electrons. The number of carbonyl (C=O) groups is 1. The number of amides is 1. The number of carbonyl (C=O) groups excluding carboxylic acids is 1. The average molecular weight is 413 g/mol. The van der Waals surface area contributed by atoms with Gasteiger partial charge in [0.15, 0.2) is 0 Å². The van der Waals surface area contributed by atoms with E-state index in [0.717, 1.165) is 56.0 Å². The van der Waals surface area contributed by atoms with Crippen LogP contribution in [0.2, 0.25) is 5.02 Å². The van der Waals surface area contributed by atoms with E-state index < -0.39 is 0 Å². The number of hydrogen-bond acceptors (Lipinski definition) is 2. The summed E-state index contributed by atoms with van der Waals surface area (Å²) >= 11 is 6.02. The fourth-order valence-corrected chi connectivity index (χ4v) is 5.30. The van der Waals surface area contributed by atoms with Crippen molar-refractivity contribution < 1.29 is 9.18 Å². The zero-order valence-corrected chi connectivity index (χ0v) is 17.2. The van der Waals surface area contributed by atoms with Crippen molar-refractivity contribution in [3.8, 4) is 0 Å². The Morgan fingerprint density at radius 2 is 1.72 bits per heavy atom. The lowest BCUT2D eigenvalue weighted by Crippen LogP contribution is -2.48. The number of rotatable bonds is 4. The Balaban J connectivity index is 1.37. The topological polar surface area (TPSA) is 23.6 Å². The molecule has 0 aromatic heterocycles. The van der Waals surface area contributed by atoms with E-state index in [2.05, 4.69) is 21.9 Å². The number of hydrogen-bond donors (Lipinski definition) is 0. The molecule has 2 saturated heterocycles. The molecule has 3 fully saturated rings. The maximum Gasteiger partial charge on any atom is 0.225 e. The molecule has 5 heteroatoms. The number of nitrogens with zero attached hydrogens (tertiary/aromatic N) is 2. The second-order valence-corrected chi connectivity index (χ2v) is 9.24. The second kappa shape index (κ2) is 7.73. The zero-order chi connectivity index (χ0) is 20.0. The van der Waals surface area contributed by atoms with E-state index in [9.17, 15) is 9.18 Å². The van der Waals surface area contributed by atoms with Crippen molar-refractivity contribution in [3.05, 3.63) is 70.5 Å². The molecule has 3 atom stereocenters. The Kier molecular flexibility index (Phi) is 5.09. The number of fused-ring (bicyclic) bond motifs is 1. The number of likely N-dealkylation sites (tertiary alicyclic amines) is 2. The van der Waals surface area contributed by atoms with Gasteiger partial charge in [0.05, 0.1) is 0 Å². The van der Waals surface area contributed by atoms with Crippen LogP contribution in [0.25, 0.3) is 0 Å². The summed E-state index contributed by atoms with van der Waals surface area (Å²) in [5.41, 5.74) is 2.41. The van der Waals surface area contributed by atoms with E-state index in [4.69, 9.17) is 11.6 Å². The Bertz CT molecular complexity index is 881. The van der Waals surface area contributed by atoms with Gasteiger partial charge in [-0.25, -0.2) is 4.39 Å². The van der Waals surface area contributed by atoms with E-state index in [1.807, 2.05) is 24.3 Å². The molecule has 1 aliphatic carbocycles. The van der Waals surface area contributed by atoms with Crippen LogP contribution in [0, 0.1) is 17.7 Å². The van der Waals surface area contributed by atoms with Gasteiger partial charge in [-0.05, 0) is 54.7 Å². The maximum absolute atomic E-state index is 13.5. The van der Waals surface area contributed by atoms with Crippen molar-refractivity contribution in [1.29, 1.82) is 0 Å². The summed E-state index contributed by atoms with van der Waals surface area (Å²) in [6.45, 7) is 3.62. The van der Waals surface area contributed by atoms with Crippen LogP contribution >= 0.6 is 11.6 Å². The van der Waals surface area contributed by atoms with Crippen LogP contribution in [0.15, 0.2) is 48.5 Å². The predicted molar refractivity (Wildman–Crippen MR) is 112 cm³/mol. The van der Waals surface area contributed by atoms with Gasteiger partial charge in [0.25, 0.3) is 0 Å². The fraction of sp³-hybridized carbons (Fsp3) is 0.458. The van der Waals surface area contributed by atoms with Crippen LogP contribution in [0.3, 0.4) is 0 Å². The van der Waals surface area contributed by atoms with Crippen LogP contribution in [0.5, 0.6) is 0 Å². The van der Waals surface area contributed by atoms with Crippen molar-refractivity contribution >= 4 is 17.5 Å². The Morgan fingerprint density at radius 3 is 2.41 bits per heavy atom. The maximum atomic E-state index is 13.5. The first kappa shape index (κ1) is 19.1. The molecular formula is C24H26ClFN2O. The zero-order valence-electron chi connectivity index (χ0n) is 16.4. The quantitative estimate of drug-likeness (QED) is 0.726. The van der Waals surface area contributed by atoms with Crippen LogP contribution in [-0.4, -0.2) is 41.4 Å². The van der Waals surface area contributed by atoms with Crippen LogP contribution in [-0.2, 0) is 11.3 Å². The standard InChI is InChI=1S/C24H26ClFN2O/c25-19-7-1-16(2-8-19)13-27-12-11-23-22(14-27)21(17-5-9-20(26)10-6-17)15-28(23)24(29)18-3-4-18/h1-2,5-10,18,21-23H,3-4,11-15H2/t21-,22-,23-/m1/s1. The highest BCUT2D eigenvalue weighted by Gasteiger charge is 2.49. The third kappa shape index (κ3) is 3.93. The van der Waals surface area contributed by atoms with Gasteiger partial charge < -0.3 is 4.90 Å². The smallest absolute Gasteiger partial charge is 0.225 e. The molecular weight excluding hydrogens is 387 g/mol. The molecule has 0 unspecified atom stereocenters. The Morgan fingerprint density at radius 1 is 1.00 bits per heavy atom. The molecule has 0 radical (unpaired) electrons. The average Bonchev–Trinajstić information content (AvgIpc) is 3.51. The van der Waals surface area contributed by atoms with E-state index in [1.54, 1.807) is 12.1 Å². The molecule has 1 saturated carbocycles. The van der Waals surface area contributed by atoms with Crippen molar-refractivity contribution in [2.45, 2.75) is 37.8 Å². The van der Waals surface area contributed by atoms with Gasteiger partial charge >= 0.3 is 0 Å². The minimum absolute atomic E-state index is 0.206. The molecule has 3 nitrogen and oxygen atoms in total. The van der Waals surface area contributed by atoms with Gasteiger partial charge in [-0.1, -0.05) is 35.9 Å². The van der Waals surface area contributed by atoms with Crippen LogP contribution in [0.1, 0.15) is 36.3 Å². The number of halogens is 2. The molecule has 2 aromatic rings. The molecule has 2 aliphatic heterocycles. The lowest BCUT2D eigenvalue weighted by molar-refractivity contribution is -0.134. The molecule has 1 amide bonds. The van der Waals surface area contributed by atoms with Crippen molar-refractivity contribution in [3.63, 3.8) is 0 Å². The molecule has 5 rings (SSSR count). The molecule has 0 bridgehead atoms. The van der Waals surface area contributed by atoms with E-state index in [0.29, 0.717) is 17.9 Å². The summed E-state index contributed by atoms with van der Waals surface area (Å²) in [5, 5.41) is 0.758. The SMILES string of the molecule is O=C(C1CC1)N1C[C@H](c2ccc(F)cc2)[C@H]2CN(Cc3ccc(Cl)cc3)CC[C@H]21. The van der Waals surface area contributed by atoms with Crippen molar-refractivity contribution in [1.82, 2.24) is 9.80 Å². The molecule has 2 heterocycles. The van der Waals surface area contributed by atoms with E-state index >= 15 is 0 Å². The summed E-state index contributed by atoms with van der Waals surface area (Å²) in [6, 6.07) is 15.3. The minimum Gasteiger partial charge on any atom is -0.338 e. The monoisotopic (exact) mass is 412 g/mol. The summed E-state index contributed by atoms with van der Waals surface area (Å²) in [5.74, 6) is 1.05. The molecule has 3 aliphatic rings. The number of benzene rings is 2. The molecule has 29 heavy (non-hydrogen) atoms. The van der Waals surface area contributed by atoms with Gasteiger partial charge in [0.2, 0.25) is 5.91 Å². The number of piperidine rings is 1. The largest absolute Gasteiger partial charge is 0.338 e. The van der Waals surface area contributed by atoms with Crippen LogP contribution in [0.4, 0.5) is 4.39 Å². The Labute approximate surface area is 176 Å². The summed E-state index contributed by atoms with van der Waals surface area (Å²) in [4.78, 5) is 17.6. The minimum atomic E-state index is -0.206. The van der Waals surface area contributed by atoms with Crippen molar-refractivity contribution in [2.24, 2.45) is 11.8 Å². The van der Waals surface area contributed by atoms with Gasteiger partial charge in [-0.2, -0.15) is 0 Å². The van der Waals surface area contributed by atoms with Gasteiger partial charge in [0, 0.05) is 55.0 Å². The first-order valence-electron chi connectivity index (χ1n) is 10.6. The lowest BCUT2D eigenvalue weighted by atomic mass is 9.81. The van der Waals surface area contributed by atoms with Crippen LogP contribution < -0.4 is 0 Å². The molecule has 0 N–H and O–H groups in total. The lowest BCUT2D eigenvalue weighted by Gasteiger charge is -2.39. The first-order chi connectivity index (χ1) is 14.1. The summed E-state index contributed by atoms with van der Waals surface area (Å²) in [7, 11) is 0. The van der Waals surface area contributed by atoms with E-state index in [-0.39, 0.29) is 17.7 Å². The third-order valence-corrected chi connectivity index (χ3v) is 7.09. The summed E-state index contributed by atoms with van der Waals surface area (Å²) in [6.07, 6.45) is 3.08. The highest BCUT2D eigenvalue weighted by atomic mass is 35.5. The molecule has 2 aromatic carbocycles. The normalized spacial score (nSPS) is 27.1. The first-order valence-corrected chi connectivity index (χ1v) is 11.0. The van der Waals surface area contributed by atoms with E-state index in [1.165, 1.54) is 5.56 Å². The van der Waals surface area contributed by atoms with Crippen molar-refractivity contribution in [2.75, 3.05) is 19.6 Å². The predicted octanol–water partition coefficient (Wildman–Crippen LogP) is 4.71. The van der Waals surface area contributed by atoms with Gasteiger partial charge in [0.1, 0.15) is 5.82 Å². The summed E-state index contributed by atoms with van der Waals surface area (Å²) < 4.78 is 13.5. The highest BCUT2D eigenvalue weighted by molar-refractivity contribution is 6.30. The third-order valence-electron chi connectivity index (χ3n) is 6.84. The second-order valence-electron chi connectivity index (χ2n) is 8.80.